The van der Waals surface area contributed by atoms with Crippen molar-refractivity contribution in [2.45, 2.75) is 0 Å². The molecule has 0 bridgehead atoms. The number of hydrogen-bond acceptors (Lipinski definition) is 4. The van der Waals surface area contributed by atoms with Gasteiger partial charge in [-0.2, -0.15) is 0 Å². The molecule has 2 heterocycles. The van der Waals surface area contributed by atoms with Gasteiger partial charge in [-0.05, 0) is 87.9 Å². The average Bonchev–Trinajstić information content (AvgIpc) is 3.77. The van der Waals surface area contributed by atoms with Gasteiger partial charge in [0.1, 0.15) is 16.7 Å². The van der Waals surface area contributed by atoms with Crippen LogP contribution < -0.4 is 4.90 Å². The van der Waals surface area contributed by atoms with Gasteiger partial charge in [-0.1, -0.05) is 103 Å². The molecule has 0 radical (unpaired) electrons. The molecule has 0 fully saturated rings. The highest BCUT2D eigenvalue weighted by atomic mass is 16.3. The molecule has 8 aromatic carbocycles. The van der Waals surface area contributed by atoms with Crippen LogP contribution in [-0.2, 0) is 0 Å². The third-order valence-electron chi connectivity index (χ3n) is 9.45. The van der Waals surface area contributed by atoms with Gasteiger partial charge in [0.25, 0.3) is 0 Å². The molecule has 0 amide bonds. The maximum Gasteiger partial charge on any atom is 0.227 e. The number of hydrogen-bond donors (Lipinski definition) is 0. The number of rotatable bonds is 5. The predicted octanol–water partition coefficient (Wildman–Crippen LogP) is 12.8. The van der Waals surface area contributed by atoms with Crippen LogP contribution in [0.4, 0.5) is 17.1 Å². The van der Waals surface area contributed by atoms with Gasteiger partial charge in [0.2, 0.25) is 5.89 Å². The van der Waals surface area contributed by atoms with Gasteiger partial charge >= 0.3 is 0 Å². The van der Waals surface area contributed by atoms with Crippen molar-refractivity contribution in [2.75, 3.05) is 4.90 Å². The lowest BCUT2D eigenvalue weighted by Crippen LogP contribution is -2.10. The number of oxazole rings is 1. The van der Waals surface area contributed by atoms with E-state index in [2.05, 4.69) is 126 Å². The van der Waals surface area contributed by atoms with E-state index in [4.69, 9.17) is 13.8 Å². The largest absolute Gasteiger partial charge is 0.456 e. The third-order valence-corrected chi connectivity index (χ3v) is 9.45. The number of anilines is 3. The highest BCUT2D eigenvalue weighted by Gasteiger charge is 2.19. The summed E-state index contributed by atoms with van der Waals surface area (Å²) < 4.78 is 12.9. The Morgan fingerprint density at radius 1 is 0.408 bits per heavy atom. The first kappa shape index (κ1) is 27.5. The number of benzene rings is 8. The molecule has 10 rings (SSSR count). The summed E-state index contributed by atoms with van der Waals surface area (Å²) in [6.45, 7) is 0. The lowest BCUT2D eigenvalue weighted by Gasteiger charge is -2.26. The molecule has 4 heteroatoms. The summed E-state index contributed by atoms with van der Waals surface area (Å²) in [5.41, 5.74) is 9.73. The molecule has 0 saturated carbocycles. The Hall–Kier alpha value is -6.65. The Labute approximate surface area is 282 Å². The summed E-state index contributed by atoms with van der Waals surface area (Å²) >= 11 is 0. The summed E-state index contributed by atoms with van der Waals surface area (Å²) in [6.07, 6.45) is 0. The maximum atomic E-state index is 6.55. The molecule has 0 aliphatic rings. The van der Waals surface area contributed by atoms with Gasteiger partial charge in [-0.25, -0.2) is 4.98 Å². The summed E-state index contributed by atoms with van der Waals surface area (Å²) in [5.74, 6) is 0.620. The van der Waals surface area contributed by atoms with Crippen molar-refractivity contribution in [3.63, 3.8) is 0 Å². The van der Waals surface area contributed by atoms with E-state index < -0.39 is 0 Å². The summed E-state index contributed by atoms with van der Waals surface area (Å²) in [7, 11) is 0. The monoisotopic (exact) mass is 628 g/mol. The van der Waals surface area contributed by atoms with Crippen molar-refractivity contribution in [3.05, 3.63) is 170 Å². The van der Waals surface area contributed by atoms with E-state index in [-0.39, 0.29) is 0 Å². The molecule has 0 aliphatic carbocycles. The second-order valence-corrected chi connectivity index (χ2v) is 12.4. The fourth-order valence-electron chi connectivity index (χ4n) is 7.11. The van der Waals surface area contributed by atoms with Crippen LogP contribution >= 0.6 is 0 Å². The Bertz CT molecular complexity index is 2830. The standard InChI is InChI=1S/C45H28N2O2/c1-3-10-29(11-4-1)33-14-9-15-34(26-33)47(36-23-24-38-37-16-7-8-17-41(37)48-42(38)28-36)35-22-20-30-18-19-31-21-25-40-44(43(31)39(30)27-35)49-45(46-40)32-12-5-2-6-13-32/h1-28H. The Morgan fingerprint density at radius 3 is 1.94 bits per heavy atom. The van der Waals surface area contributed by atoms with Crippen LogP contribution in [0.1, 0.15) is 0 Å². The summed E-state index contributed by atoms with van der Waals surface area (Å²) in [5, 5.41) is 6.61. The second-order valence-electron chi connectivity index (χ2n) is 12.4. The molecule has 10 aromatic rings. The van der Waals surface area contributed by atoms with E-state index in [1.54, 1.807) is 0 Å². The van der Waals surface area contributed by atoms with Crippen molar-refractivity contribution in [1.29, 1.82) is 0 Å². The Balaban J connectivity index is 1.21. The zero-order valence-corrected chi connectivity index (χ0v) is 26.4. The minimum atomic E-state index is 0.620. The maximum absolute atomic E-state index is 6.55. The SMILES string of the molecule is c1ccc(-c2cccc(N(c3ccc4c(c3)oc3ccccc34)c3ccc4ccc5ccc6nc(-c7ccccc7)oc6c5c4c3)c2)cc1. The summed E-state index contributed by atoms with van der Waals surface area (Å²) in [6, 6.07) is 59.2. The minimum Gasteiger partial charge on any atom is -0.456 e. The lowest BCUT2D eigenvalue weighted by atomic mass is 9.99. The van der Waals surface area contributed by atoms with E-state index in [0.29, 0.717) is 5.89 Å². The molecule has 0 unspecified atom stereocenters. The van der Waals surface area contributed by atoms with Crippen LogP contribution in [0.3, 0.4) is 0 Å². The van der Waals surface area contributed by atoms with Gasteiger partial charge < -0.3 is 13.7 Å². The van der Waals surface area contributed by atoms with E-state index in [1.807, 2.05) is 48.5 Å². The van der Waals surface area contributed by atoms with Crippen molar-refractivity contribution < 1.29 is 8.83 Å². The van der Waals surface area contributed by atoms with Crippen molar-refractivity contribution in [1.82, 2.24) is 4.98 Å². The first-order valence-electron chi connectivity index (χ1n) is 16.5. The predicted molar refractivity (Wildman–Crippen MR) is 202 cm³/mol. The molecule has 230 valence electrons. The van der Waals surface area contributed by atoms with Crippen LogP contribution in [-0.4, -0.2) is 4.98 Å². The minimum absolute atomic E-state index is 0.620. The lowest BCUT2D eigenvalue weighted by molar-refractivity contribution is 0.623. The first-order valence-corrected chi connectivity index (χ1v) is 16.5. The highest BCUT2D eigenvalue weighted by molar-refractivity contribution is 6.18. The molecule has 4 nitrogen and oxygen atoms in total. The molecule has 0 saturated heterocycles. The van der Waals surface area contributed by atoms with Crippen LogP contribution in [0.25, 0.3) is 77.2 Å². The average molecular weight is 629 g/mol. The molecule has 2 aromatic heterocycles. The van der Waals surface area contributed by atoms with Gasteiger partial charge in [0.15, 0.2) is 5.58 Å². The number of nitrogens with zero attached hydrogens (tertiary/aromatic N) is 2. The fraction of sp³-hybridized carbons (Fsp3) is 0. The molecule has 0 aliphatic heterocycles. The number of aromatic nitrogens is 1. The van der Waals surface area contributed by atoms with Crippen LogP contribution in [0, 0.1) is 0 Å². The van der Waals surface area contributed by atoms with Crippen LogP contribution in [0.5, 0.6) is 0 Å². The van der Waals surface area contributed by atoms with Gasteiger partial charge in [0.05, 0.1) is 0 Å². The Kier molecular flexibility index (Phi) is 6.15. The van der Waals surface area contributed by atoms with Gasteiger partial charge in [-0.3, -0.25) is 0 Å². The van der Waals surface area contributed by atoms with Crippen LogP contribution in [0.2, 0.25) is 0 Å². The second kappa shape index (κ2) is 11.0. The number of para-hydroxylation sites is 1. The van der Waals surface area contributed by atoms with Crippen molar-refractivity contribution in [2.24, 2.45) is 0 Å². The third kappa shape index (κ3) is 4.57. The quantitative estimate of drug-likeness (QED) is 0.178. The highest BCUT2D eigenvalue weighted by Crippen LogP contribution is 2.42. The van der Waals surface area contributed by atoms with Crippen molar-refractivity contribution >= 4 is 71.6 Å². The Morgan fingerprint density at radius 2 is 1.06 bits per heavy atom. The molecular weight excluding hydrogens is 601 g/mol. The topological polar surface area (TPSA) is 42.4 Å². The molecule has 0 atom stereocenters. The zero-order chi connectivity index (χ0) is 32.3. The zero-order valence-electron chi connectivity index (χ0n) is 26.4. The molecular formula is C45H28N2O2. The number of fused-ring (bicyclic) bond motifs is 8. The van der Waals surface area contributed by atoms with Gasteiger partial charge in [-0.15, -0.1) is 0 Å². The molecule has 0 N–H and O–H groups in total. The first-order chi connectivity index (χ1) is 24.3. The molecule has 49 heavy (non-hydrogen) atoms. The number of furan rings is 1. The van der Waals surface area contributed by atoms with Crippen LogP contribution in [0.15, 0.2) is 179 Å². The fourth-order valence-corrected chi connectivity index (χ4v) is 7.11. The summed E-state index contributed by atoms with van der Waals surface area (Å²) in [4.78, 5) is 7.20. The molecule has 0 spiro atoms. The van der Waals surface area contributed by atoms with Gasteiger partial charge in [0, 0.05) is 44.9 Å². The van der Waals surface area contributed by atoms with E-state index >= 15 is 0 Å². The smallest absolute Gasteiger partial charge is 0.227 e. The normalized spacial score (nSPS) is 11.7. The van der Waals surface area contributed by atoms with E-state index in [0.717, 1.165) is 82.8 Å². The van der Waals surface area contributed by atoms with E-state index in [1.165, 1.54) is 5.56 Å². The van der Waals surface area contributed by atoms with E-state index in [9.17, 15) is 0 Å². The van der Waals surface area contributed by atoms with Crippen molar-refractivity contribution in [3.8, 4) is 22.6 Å².